The fourth-order valence-corrected chi connectivity index (χ4v) is 5.07. The van der Waals surface area contributed by atoms with Crippen LogP contribution in [0.1, 0.15) is 18.2 Å². The van der Waals surface area contributed by atoms with Crippen molar-refractivity contribution in [2.75, 3.05) is 19.6 Å². The number of nitrogens with one attached hydrogen (secondary N) is 2. The molecule has 1 unspecified atom stereocenters. The van der Waals surface area contributed by atoms with E-state index in [-0.39, 0.29) is 17.5 Å². The van der Waals surface area contributed by atoms with E-state index in [1.807, 2.05) is 42.1 Å². The zero-order valence-electron chi connectivity index (χ0n) is 16.2. The Morgan fingerprint density at radius 2 is 2.00 bits per heavy atom. The number of fused-ring (bicyclic) bond motifs is 2. The summed E-state index contributed by atoms with van der Waals surface area (Å²) in [6.45, 7) is 2.18. The summed E-state index contributed by atoms with van der Waals surface area (Å²) in [6, 6.07) is 15.0. The molecule has 5 rings (SSSR count). The highest BCUT2D eigenvalue weighted by Crippen LogP contribution is 2.30. The third-order valence-corrected chi connectivity index (χ3v) is 7.16. The van der Waals surface area contributed by atoms with E-state index in [4.69, 9.17) is 5.10 Å². The van der Waals surface area contributed by atoms with Crippen molar-refractivity contribution in [2.45, 2.75) is 17.4 Å². The highest BCUT2D eigenvalue weighted by Gasteiger charge is 2.30. The lowest BCUT2D eigenvalue weighted by molar-refractivity contribution is 0.117. The molecule has 1 atom stereocenters. The first-order valence-corrected chi connectivity index (χ1v) is 11.2. The van der Waals surface area contributed by atoms with Crippen LogP contribution in [0.5, 0.6) is 0 Å². The van der Waals surface area contributed by atoms with Crippen LogP contribution in [0.25, 0.3) is 21.8 Å². The van der Waals surface area contributed by atoms with Gasteiger partial charge in [0.2, 0.25) is 10.0 Å². The van der Waals surface area contributed by atoms with Crippen molar-refractivity contribution in [2.24, 2.45) is 7.05 Å². The molecule has 1 fully saturated rings. The van der Waals surface area contributed by atoms with Crippen LogP contribution in [0.3, 0.4) is 0 Å². The Labute approximate surface area is 169 Å². The van der Waals surface area contributed by atoms with Gasteiger partial charge in [0.25, 0.3) is 0 Å². The summed E-state index contributed by atoms with van der Waals surface area (Å²) < 4.78 is 30.6. The Morgan fingerprint density at radius 1 is 1.17 bits per heavy atom. The molecule has 4 aromatic rings. The highest BCUT2D eigenvalue weighted by molar-refractivity contribution is 7.89. The molecule has 0 bridgehead atoms. The van der Waals surface area contributed by atoms with Crippen molar-refractivity contribution >= 4 is 31.8 Å². The maximum atomic E-state index is 13.0. The molecule has 0 radical (unpaired) electrons. The summed E-state index contributed by atoms with van der Waals surface area (Å²) >= 11 is 0. The molecular formula is C21H23N5O2S. The Bertz CT molecular complexity index is 1290. The van der Waals surface area contributed by atoms with Crippen molar-refractivity contribution in [3.63, 3.8) is 0 Å². The molecule has 7 nitrogen and oxygen atoms in total. The maximum Gasteiger partial charge on any atom is 0.240 e. The lowest BCUT2D eigenvalue weighted by Crippen LogP contribution is -2.45. The average Bonchev–Trinajstić information content (AvgIpc) is 3.28. The zero-order valence-corrected chi connectivity index (χ0v) is 17.0. The molecule has 0 spiro atoms. The molecular weight excluding hydrogens is 386 g/mol. The van der Waals surface area contributed by atoms with Gasteiger partial charge in [0.05, 0.1) is 22.1 Å². The predicted octanol–water partition coefficient (Wildman–Crippen LogP) is 2.78. The highest BCUT2D eigenvalue weighted by atomic mass is 32.2. The van der Waals surface area contributed by atoms with Gasteiger partial charge in [-0.1, -0.05) is 24.3 Å². The molecule has 8 heteroatoms. The molecule has 2 N–H and O–H groups in total. The summed E-state index contributed by atoms with van der Waals surface area (Å²) in [6.07, 6.45) is 2.93. The number of sulfonamides is 1. The third kappa shape index (κ3) is 3.23. The first kappa shape index (κ1) is 18.4. The minimum atomic E-state index is -3.63. The second kappa shape index (κ2) is 6.98. The molecule has 150 valence electrons. The summed E-state index contributed by atoms with van der Waals surface area (Å²) in [4.78, 5) is 5.62. The summed E-state index contributed by atoms with van der Waals surface area (Å²) in [5.74, 6) is 0. The SMILES string of the molecule is Cn1nc(C(CNS(=O)(=O)c2ccc3cc[nH]c3c2)N2CCC2)c2ccccc21. The second-order valence-electron chi connectivity index (χ2n) is 7.51. The minimum Gasteiger partial charge on any atom is -0.361 e. The van der Waals surface area contributed by atoms with Crippen LogP contribution in [0, 0.1) is 0 Å². The van der Waals surface area contributed by atoms with Gasteiger partial charge in [-0.05, 0) is 36.1 Å². The number of para-hydroxylation sites is 1. The van der Waals surface area contributed by atoms with Gasteiger partial charge < -0.3 is 4.98 Å². The quantitative estimate of drug-likeness (QED) is 0.513. The summed E-state index contributed by atoms with van der Waals surface area (Å²) in [7, 11) is -1.70. The number of aromatic nitrogens is 3. The molecule has 29 heavy (non-hydrogen) atoms. The van der Waals surface area contributed by atoms with E-state index >= 15 is 0 Å². The maximum absolute atomic E-state index is 13.0. The van der Waals surface area contributed by atoms with Gasteiger partial charge in [0.1, 0.15) is 0 Å². The number of hydrogen-bond donors (Lipinski definition) is 2. The largest absolute Gasteiger partial charge is 0.361 e. The van der Waals surface area contributed by atoms with Gasteiger partial charge in [0.15, 0.2) is 0 Å². The first-order valence-electron chi connectivity index (χ1n) is 9.75. The van der Waals surface area contributed by atoms with E-state index in [1.165, 1.54) is 0 Å². The summed E-state index contributed by atoms with van der Waals surface area (Å²) in [5, 5.41) is 6.79. The number of benzene rings is 2. The molecule has 2 aromatic heterocycles. The van der Waals surface area contributed by atoms with Gasteiger partial charge in [-0.15, -0.1) is 0 Å². The molecule has 1 saturated heterocycles. The Hall–Kier alpha value is -2.68. The molecule has 0 saturated carbocycles. The monoisotopic (exact) mass is 409 g/mol. The molecule has 1 aliphatic heterocycles. The zero-order chi connectivity index (χ0) is 20.0. The van der Waals surface area contributed by atoms with Crippen LogP contribution >= 0.6 is 0 Å². The normalized spacial score (nSPS) is 16.3. The van der Waals surface area contributed by atoms with Crippen LogP contribution in [0.2, 0.25) is 0 Å². The molecule has 3 heterocycles. The van der Waals surface area contributed by atoms with Crippen molar-refractivity contribution < 1.29 is 8.42 Å². The average molecular weight is 410 g/mol. The van der Waals surface area contributed by atoms with Gasteiger partial charge in [-0.3, -0.25) is 9.58 Å². The van der Waals surface area contributed by atoms with Gasteiger partial charge in [-0.2, -0.15) is 5.10 Å². The van der Waals surface area contributed by atoms with Crippen LogP contribution in [0.15, 0.2) is 59.6 Å². The lowest BCUT2D eigenvalue weighted by Gasteiger charge is -2.37. The number of aryl methyl sites for hydroxylation is 1. The van der Waals surface area contributed by atoms with Gasteiger partial charge >= 0.3 is 0 Å². The number of hydrogen-bond acceptors (Lipinski definition) is 4. The van der Waals surface area contributed by atoms with Crippen LogP contribution in [-0.4, -0.2) is 47.7 Å². The smallest absolute Gasteiger partial charge is 0.240 e. The number of nitrogens with zero attached hydrogens (tertiary/aromatic N) is 3. The Kier molecular flexibility index (Phi) is 4.42. The van der Waals surface area contributed by atoms with E-state index in [9.17, 15) is 8.42 Å². The van der Waals surface area contributed by atoms with Crippen LogP contribution in [-0.2, 0) is 17.1 Å². The third-order valence-electron chi connectivity index (χ3n) is 5.74. The van der Waals surface area contributed by atoms with Crippen LogP contribution < -0.4 is 4.72 Å². The number of aromatic amines is 1. The van der Waals surface area contributed by atoms with Crippen molar-refractivity contribution in [1.29, 1.82) is 0 Å². The molecule has 2 aromatic carbocycles. The van der Waals surface area contributed by atoms with Crippen LogP contribution in [0.4, 0.5) is 0 Å². The van der Waals surface area contributed by atoms with Crippen molar-refractivity contribution in [3.05, 3.63) is 60.4 Å². The Morgan fingerprint density at radius 3 is 2.79 bits per heavy atom. The standard InChI is InChI=1S/C21H23N5O2S/c1-25-19-6-3-2-5-17(19)21(24-25)20(26-11-4-12-26)14-23-29(27,28)16-8-7-15-9-10-22-18(15)13-16/h2-3,5-10,13,20,22-23H,4,11-12,14H2,1H3. The summed E-state index contributed by atoms with van der Waals surface area (Å²) in [5.41, 5.74) is 2.78. The number of likely N-dealkylation sites (tertiary alicyclic amines) is 1. The second-order valence-corrected chi connectivity index (χ2v) is 9.28. The van der Waals surface area contributed by atoms with E-state index in [1.54, 1.807) is 18.3 Å². The van der Waals surface area contributed by atoms with E-state index in [0.717, 1.165) is 47.0 Å². The van der Waals surface area contributed by atoms with Gasteiger partial charge in [0, 0.05) is 43.8 Å². The Balaban J connectivity index is 1.45. The first-order chi connectivity index (χ1) is 14.0. The fourth-order valence-electron chi connectivity index (χ4n) is 4.01. The number of rotatable bonds is 6. The van der Waals surface area contributed by atoms with Gasteiger partial charge in [-0.25, -0.2) is 13.1 Å². The molecule has 1 aliphatic rings. The lowest BCUT2D eigenvalue weighted by atomic mass is 10.0. The van der Waals surface area contributed by atoms with E-state index in [2.05, 4.69) is 20.7 Å². The van der Waals surface area contributed by atoms with E-state index in [0.29, 0.717) is 0 Å². The molecule has 0 amide bonds. The van der Waals surface area contributed by atoms with E-state index < -0.39 is 10.0 Å². The number of H-pyrrole nitrogens is 1. The minimum absolute atomic E-state index is 0.0983. The van der Waals surface area contributed by atoms with Crippen molar-refractivity contribution in [1.82, 2.24) is 24.4 Å². The topological polar surface area (TPSA) is 83.0 Å². The predicted molar refractivity (Wildman–Crippen MR) is 113 cm³/mol. The fraction of sp³-hybridized carbons (Fsp3) is 0.286. The van der Waals surface area contributed by atoms with Crippen molar-refractivity contribution in [3.8, 4) is 0 Å². The molecule has 0 aliphatic carbocycles.